The van der Waals surface area contributed by atoms with Crippen LogP contribution in [0.2, 0.25) is 0 Å². The van der Waals surface area contributed by atoms with Crippen LogP contribution in [0.5, 0.6) is 0 Å². The van der Waals surface area contributed by atoms with Crippen LogP contribution >= 0.6 is 0 Å². The molecule has 78 valence electrons. The van der Waals surface area contributed by atoms with E-state index in [1.165, 1.54) is 44.9 Å². The minimum absolute atomic E-state index is 0.532. The van der Waals surface area contributed by atoms with E-state index in [-0.39, 0.29) is 0 Å². The lowest BCUT2D eigenvalue weighted by atomic mass is 9.96. The highest BCUT2D eigenvalue weighted by atomic mass is 16.1. The topological polar surface area (TPSA) is 17.1 Å². The van der Waals surface area contributed by atoms with Gasteiger partial charge in [0.1, 0.15) is 5.78 Å². The van der Waals surface area contributed by atoms with Crippen molar-refractivity contribution >= 4 is 5.78 Å². The summed E-state index contributed by atoms with van der Waals surface area (Å²) in [6, 6.07) is 0. The van der Waals surface area contributed by atoms with Gasteiger partial charge in [-0.3, -0.25) is 4.79 Å². The molecule has 3 rings (SSSR count). The van der Waals surface area contributed by atoms with Gasteiger partial charge in [-0.1, -0.05) is 32.1 Å². The Balaban J connectivity index is 1.51. The van der Waals surface area contributed by atoms with E-state index in [9.17, 15) is 4.79 Å². The van der Waals surface area contributed by atoms with E-state index in [2.05, 4.69) is 0 Å². The first-order chi connectivity index (χ1) is 6.86. The first kappa shape index (κ1) is 8.94. The Morgan fingerprint density at radius 2 is 1.57 bits per heavy atom. The Labute approximate surface area is 86.3 Å². The molecule has 0 aliphatic heterocycles. The third-order valence-corrected chi connectivity index (χ3v) is 4.74. The minimum Gasteiger partial charge on any atom is -0.299 e. The van der Waals surface area contributed by atoms with Gasteiger partial charge < -0.3 is 0 Å². The van der Waals surface area contributed by atoms with E-state index in [1.807, 2.05) is 0 Å². The predicted octanol–water partition coefficient (Wildman–Crippen LogP) is 3.18. The molecule has 3 aliphatic rings. The van der Waals surface area contributed by atoms with Crippen molar-refractivity contribution in [3.8, 4) is 0 Å². The molecular formula is C13H20O. The molecule has 0 amide bonds. The van der Waals surface area contributed by atoms with Crippen molar-refractivity contribution in [2.24, 2.45) is 23.7 Å². The Hall–Kier alpha value is -0.330. The standard InChI is InChI=1S/C13H20O/c14-12(8-9-4-1-2-5-9)13-10-6-3-7-11(10)13/h9-11,13H,1-8H2. The van der Waals surface area contributed by atoms with Crippen molar-refractivity contribution in [2.75, 3.05) is 0 Å². The molecule has 3 aliphatic carbocycles. The molecule has 3 fully saturated rings. The summed E-state index contributed by atoms with van der Waals surface area (Å²) < 4.78 is 0. The molecule has 3 saturated carbocycles. The molecular weight excluding hydrogens is 172 g/mol. The van der Waals surface area contributed by atoms with E-state index in [0.717, 1.165) is 24.2 Å². The zero-order valence-corrected chi connectivity index (χ0v) is 8.87. The summed E-state index contributed by atoms with van der Waals surface area (Å²) in [6.07, 6.45) is 10.4. The van der Waals surface area contributed by atoms with Gasteiger partial charge in [0.25, 0.3) is 0 Å². The fraction of sp³-hybridized carbons (Fsp3) is 0.923. The largest absolute Gasteiger partial charge is 0.299 e. The fourth-order valence-electron chi connectivity index (χ4n) is 3.93. The third-order valence-electron chi connectivity index (χ3n) is 4.74. The number of hydrogen-bond donors (Lipinski definition) is 0. The maximum Gasteiger partial charge on any atom is 0.136 e. The molecule has 0 aromatic carbocycles. The van der Waals surface area contributed by atoms with Crippen LogP contribution in [-0.4, -0.2) is 5.78 Å². The number of fused-ring (bicyclic) bond motifs is 1. The number of ketones is 1. The van der Waals surface area contributed by atoms with Crippen LogP contribution in [0.25, 0.3) is 0 Å². The number of Topliss-reactive ketones (excluding diaryl/α,β-unsaturated/α-hetero) is 1. The molecule has 0 heterocycles. The Bertz CT molecular complexity index is 230. The highest BCUT2D eigenvalue weighted by molar-refractivity contribution is 5.84. The van der Waals surface area contributed by atoms with Crippen LogP contribution in [0, 0.1) is 23.7 Å². The van der Waals surface area contributed by atoms with Crippen LogP contribution in [0.3, 0.4) is 0 Å². The van der Waals surface area contributed by atoms with Crippen LogP contribution in [-0.2, 0) is 4.79 Å². The Kier molecular flexibility index (Phi) is 2.14. The highest BCUT2D eigenvalue weighted by Crippen LogP contribution is 2.58. The van der Waals surface area contributed by atoms with Crippen LogP contribution in [0.1, 0.15) is 51.4 Å². The average molecular weight is 192 g/mol. The smallest absolute Gasteiger partial charge is 0.136 e. The van der Waals surface area contributed by atoms with Gasteiger partial charge in [-0.25, -0.2) is 0 Å². The molecule has 0 N–H and O–H groups in total. The maximum absolute atomic E-state index is 12.0. The summed E-state index contributed by atoms with van der Waals surface area (Å²) in [7, 11) is 0. The third kappa shape index (κ3) is 1.41. The SMILES string of the molecule is O=C(CC1CCCC1)C1C2CCCC21. The van der Waals surface area contributed by atoms with Crippen molar-refractivity contribution in [3.05, 3.63) is 0 Å². The number of rotatable bonds is 3. The molecule has 0 spiro atoms. The highest BCUT2D eigenvalue weighted by Gasteiger charge is 2.55. The summed E-state index contributed by atoms with van der Waals surface area (Å²) in [4.78, 5) is 12.0. The molecule has 0 bridgehead atoms. The first-order valence-corrected chi connectivity index (χ1v) is 6.39. The average Bonchev–Trinajstić information content (AvgIpc) is 2.63. The zero-order valence-electron chi connectivity index (χ0n) is 8.87. The lowest BCUT2D eigenvalue weighted by molar-refractivity contribution is -0.121. The monoisotopic (exact) mass is 192 g/mol. The van der Waals surface area contributed by atoms with Gasteiger partial charge in [-0.05, 0) is 30.6 Å². The van der Waals surface area contributed by atoms with Crippen molar-refractivity contribution in [3.63, 3.8) is 0 Å². The van der Waals surface area contributed by atoms with Crippen LogP contribution < -0.4 is 0 Å². The van der Waals surface area contributed by atoms with E-state index < -0.39 is 0 Å². The second-order valence-electron chi connectivity index (χ2n) is 5.61. The van der Waals surface area contributed by atoms with Crippen LogP contribution in [0.15, 0.2) is 0 Å². The first-order valence-electron chi connectivity index (χ1n) is 6.39. The van der Waals surface area contributed by atoms with Gasteiger partial charge in [-0.15, -0.1) is 0 Å². The van der Waals surface area contributed by atoms with E-state index in [0.29, 0.717) is 11.7 Å². The lowest BCUT2D eigenvalue weighted by Crippen LogP contribution is -2.10. The second-order valence-corrected chi connectivity index (χ2v) is 5.61. The molecule has 2 atom stereocenters. The molecule has 0 radical (unpaired) electrons. The van der Waals surface area contributed by atoms with E-state index in [4.69, 9.17) is 0 Å². The summed E-state index contributed by atoms with van der Waals surface area (Å²) >= 11 is 0. The quantitative estimate of drug-likeness (QED) is 0.671. The summed E-state index contributed by atoms with van der Waals surface area (Å²) in [5.41, 5.74) is 0. The summed E-state index contributed by atoms with van der Waals surface area (Å²) in [5, 5.41) is 0. The summed E-state index contributed by atoms with van der Waals surface area (Å²) in [5.74, 6) is 3.60. The van der Waals surface area contributed by atoms with Gasteiger partial charge in [-0.2, -0.15) is 0 Å². The van der Waals surface area contributed by atoms with Gasteiger partial charge in [0.2, 0.25) is 0 Å². The molecule has 0 saturated heterocycles. The minimum atomic E-state index is 0.532. The van der Waals surface area contributed by atoms with E-state index in [1.54, 1.807) is 0 Å². The van der Waals surface area contributed by atoms with Gasteiger partial charge in [0, 0.05) is 12.3 Å². The van der Waals surface area contributed by atoms with Crippen molar-refractivity contribution in [2.45, 2.75) is 51.4 Å². The van der Waals surface area contributed by atoms with Crippen molar-refractivity contribution in [1.82, 2.24) is 0 Å². The van der Waals surface area contributed by atoms with Gasteiger partial charge in [0.05, 0.1) is 0 Å². The van der Waals surface area contributed by atoms with Crippen molar-refractivity contribution in [1.29, 1.82) is 0 Å². The molecule has 0 aromatic rings. The molecule has 14 heavy (non-hydrogen) atoms. The predicted molar refractivity (Wildman–Crippen MR) is 55.9 cm³/mol. The van der Waals surface area contributed by atoms with Crippen LogP contribution in [0.4, 0.5) is 0 Å². The normalized spacial score (nSPS) is 41.3. The van der Waals surface area contributed by atoms with Crippen molar-refractivity contribution < 1.29 is 4.79 Å². The molecule has 0 aromatic heterocycles. The summed E-state index contributed by atoms with van der Waals surface area (Å²) in [6.45, 7) is 0. The van der Waals surface area contributed by atoms with Gasteiger partial charge >= 0.3 is 0 Å². The Morgan fingerprint density at radius 3 is 2.21 bits per heavy atom. The van der Waals surface area contributed by atoms with Gasteiger partial charge in [0.15, 0.2) is 0 Å². The number of carbonyl (C=O) groups excluding carboxylic acids is 1. The maximum atomic E-state index is 12.0. The Morgan fingerprint density at radius 1 is 0.929 bits per heavy atom. The molecule has 1 heteroatoms. The molecule has 2 unspecified atom stereocenters. The van der Waals surface area contributed by atoms with E-state index >= 15 is 0 Å². The zero-order chi connectivity index (χ0) is 9.54. The number of carbonyl (C=O) groups is 1. The molecule has 1 nitrogen and oxygen atoms in total. The lowest BCUT2D eigenvalue weighted by Gasteiger charge is -2.08. The number of hydrogen-bond acceptors (Lipinski definition) is 1. The fourth-order valence-corrected chi connectivity index (χ4v) is 3.93. The second kappa shape index (κ2) is 3.36.